The van der Waals surface area contributed by atoms with Gasteiger partial charge in [-0.25, -0.2) is 4.99 Å². The second-order valence-corrected chi connectivity index (χ2v) is 5.87. The Morgan fingerprint density at radius 1 is 1.39 bits per heavy atom. The first-order valence-corrected chi connectivity index (χ1v) is 7.89. The van der Waals surface area contributed by atoms with Gasteiger partial charge in [0.25, 0.3) is 5.91 Å². The summed E-state index contributed by atoms with van der Waals surface area (Å²) < 4.78 is 5.58. The molecule has 1 amide bonds. The number of ether oxygens (including phenoxy) is 1. The summed E-state index contributed by atoms with van der Waals surface area (Å²) >= 11 is 0. The van der Waals surface area contributed by atoms with E-state index >= 15 is 0 Å². The molecule has 2 aliphatic rings. The molecular weight excluding hydrogens is 290 g/mol. The van der Waals surface area contributed by atoms with E-state index in [0.717, 1.165) is 36.2 Å². The zero-order chi connectivity index (χ0) is 16.4. The Hall–Kier alpha value is -2.43. The predicted molar refractivity (Wildman–Crippen MR) is 89.3 cm³/mol. The average molecular weight is 311 g/mol. The normalized spacial score (nSPS) is 17.0. The van der Waals surface area contributed by atoms with E-state index in [-0.39, 0.29) is 12.5 Å². The van der Waals surface area contributed by atoms with Gasteiger partial charge in [-0.05, 0) is 50.3 Å². The summed E-state index contributed by atoms with van der Waals surface area (Å²) in [5.74, 6) is 1.14. The number of hydrogen-bond donors (Lipinski definition) is 0. The lowest BCUT2D eigenvalue weighted by Crippen LogP contribution is -2.36. The van der Waals surface area contributed by atoms with Crippen molar-refractivity contribution in [2.75, 3.05) is 13.7 Å². The molecule has 3 rings (SSSR count). The standard InChI is InChI=1S/C18H21N3O2/c1-12-14-7-4-5-8-15(14)20-18(12)21(3)17(22)11-23-16-9-6-10-19-13(16)2/h6,9-10H,1,4-5,7-8,11H2,2-3H3. The summed E-state index contributed by atoms with van der Waals surface area (Å²) in [5, 5.41) is 0. The summed E-state index contributed by atoms with van der Waals surface area (Å²) in [6, 6.07) is 3.60. The molecule has 1 aliphatic heterocycles. The lowest BCUT2D eigenvalue weighted by atomic mass is 9.93. The largest absolute Gasteiger partial charge is 0.482 e. The van der Waals surface area contributed by atoms with E-state index in [1.54, 1.807) is 24.2 Å². The molecule has 1 aromatic heterocycles. The lowest BCUT2D eigenvalue weighted by molar-refractivity contribution is -0.128. The zero-order valence-corrected chi connectivity index (χ0v) is 13.6. The first-order valence-electron chi connectivity index (χ1n) is 7.89. The Labute approximate surface area is 136 Å². The topological polar surface area (TPSA) is 54.8 Å². The number of amidine groups is 1. The maximum atomic E-state index is 12.4. The van der Waals surface area contributed by atoms with E-state index in [2.05, 4.69) is 16.6 Å². The first-order chi connectivity index (χ1) is 11.1. The van der Waals surface area contributed by atoms with Gasteiger partial charge in [-0.15, -0.1) is 0 Å². The summed E-state index contributed by atoms with van der Waals surface area (Å²) in [4.78, 5) is 22.7. The van der Waals surface area contributed by atoms with Crippen molar-refractivity contribution in [3.8, 4) is 5.75 Å². The molecule has 0 spiro atoms. The number of amides is 1. The molecule has 0 saturated heterocycles. The van der Waals surface area contributed by atoms with E-state index in [9.17, 15) is 4.79 Å². The van der Waals surface area contributed by atoms with Crippen LogP contribution in [-0.2, 0) is 4.79 Å². The first kappa shape index (κ1) is 15.5. The van der Waals surface area contributed by atoms with Gasteiger partial charge < -0.3 is 4.74 Å². The van der Waals surface area contributed by atoms with Gasteiger partial charge in [0.1, 0.15) is 11.6 Å². The van der Waals surface area contributed by atoms with Crippen molar-refractivity contribution in [3.05, 3.63) is 47.4 Å². The predicted octanol–water partition coefficient (Wildman–Crippen LogP) is 3.02. The van der Waals surface area contributed by atoms with Crippen molar-refractivity contribution < 1.29 is 9.53 Å². The molecule has 1 aliphatic carbocycles. The molecule has 0 fully saturated rings. The van der Waals surface area contributed by atoms with E-state index < -0.39 is 0 Å². The smallest absolute Gasteiger partial charge is 0.265 e. The van der Waals surface area contributed by atoms with Crippen LogP contribution in [0.5, 0.6) is 5.75 Å². The molecule has 0 bridgehead atoms. The van der Waals surface area contributed by atoms with Crippen LogP contribution in [-0.4, -0.2) is 35.3 Å². The van der Waals surface area contributed by atoms with Gasteiger partial charge in [0.05, 0.1) is 5.69 Å². The van der Waals surface area contributed by atoms with Crippen LogP contribution in [0.15, 0.2) is 46.7 Å². The van der Waals surface area contributed by atoms with Gasteiger partial charge in [0.2, 0.25) is 0 Å². The third kappa shape index (κ3) is 3.04. The van der Waals surface area contributed by atoms with Gasteiger partial charge in [-0.2, -0.15) is 0 Å². The Kier molecular flexibility index (Phi) is 4.28. The monoisotopic (exact) mass is 311 g/mol. The van der Waals surface area contributed by atoms with E-state index in [4.69, 9.17) is 4.74 Å². The van der Waals surface area contributed by atoms with Gasteiger partial charge in [-0.1, -0.05) is 6.58 Å². The fourth-order valence-corrected chi connectivity index (χ4v) is 2.92. The highest BCUT2D eigenvalue weighted by Crippen LogP contribution is 2.36. The van der Waals surface area contributed by atoms with Crippen molar-refractivity contribution in [1.29, 1.82) is 0 Å². The fourth-order valence-electron chi connectivity index (χ4n) is 2.92. The highest BCUT2D eigenvalue weighted by molar-refractivity contribution is 6.12. The number of allylic oxidation sites excluding steroid dienone is 1. The van der Waals surface area contributed by atoms with E-state index in [0.29, 0.717) is 11.6 Å². The van der Waals surface area contributed by atoms with Gasteiger partial charge in [0.15, 0.2) is 6.61 Å². The summed E-state index contributed by atoms with van der Waals surface area (Å²) in [5.41, 5.74) is 3.96. The molecule has 2 heterocycles. The van der Waals surface area contributed by atoms with Crippen molar-refractivity contribution >= 4 is 11.7 Å². The summed E-state index contributed by atoms with van der Waals surface area (Å²) in [6.07, 6.45) is 6.01. The molecule has 0 aromatic carbocycles. The van der Waals surface area contributed by atoms with Crippen molar-refractivity contribution in [2.24, 2.45) is 4.99 Å². The Morgan fingerprint density at radius 2 is 2.17 bits per heavy atom. The molecule has 1 aromatic rings. The fraction of sp³-hybridized carbons (Fsp3) is 0.389. The zero-order valence-electron chi connectivity index (χ0n) is 13.6. The number of rotatable bonds is 3. The minimum Gasteiger partial charge on any atom is -0.482 e. The van der Waals surface area contributed by atoms with Crippen LogP contribution in [0.1, 0.15) is 31.4 Å². The van der Waals surface area contributed by atoms with Gasteiger partial charge in [-0.3, -0.25) is 14.7 Å². The molecule has 23 heavy (non-hydrogen) atoms. The highest BCUT2D eigenvalue weighted by atomic mass is 16.5. The number of aliphatic imine (C=N–C) groups is 1. The SMILES string of the molecule is C=C1C(N(C)C(=O)COc2cccnc2C)=NC2=C1CCCC2. The Morgan fingerprint density at radius 3 is 2.91 bits per heavy atom. The van der Waals surface area contributed by atoms with Crippen molar-refractivity contribution in [3.63, 3.8) is 0 Å². The van der Waals surface area contributed by atoms with Gasteiger partial charge >= 0.3 is 0 Å². The van der Waals surface area contributed by atoms with Crippen LogP contribution in [0.3, 0.4) is 0 Å². The molecular formula is C18H21N3O2. The van der Waals surface area contributed by atoms with Crippen molar-refractivity contribution in [2.45, 2.75) is 32.6 Å². The molecule has 5 nitrogen and oxygen atoms in total. The molecule has 0 saturated carbocycles. The van der Waals surface area contributed by atoms with Crippen LogP contribution in [0, 0.1) is 6.92 Å². The summed E-state index contributed by atoms with van der Waals surface area (Å²) in [7, 11) is 1.73. The maximum absolute atomic E-state index is 12.4. The Bertz CT molecular complexity index is 719. The number of carbonyl (C=O) groups excluding carboxylic acids is 1. The molecule has 0 N–H and O–H groups in total. The minimum absolute atomic E-state index is 0.0417. The third-order valence-electron chi connectivity index (χ3n) is 4.32. The van der Waals surface area contributed by atoms with Crippen LogP contribution in [0.2, 0.25) is 0 Å². The van der Waals surface area contributed by atoms with Crippen LogP contribution >= 0.6 is 0 Å². The minimum atomic E-state index is -0.145. The van der Waals surface area contributed by atoms with Crippen molar-refractivity contribution in [1.82, 2.24) is 9.88 Å². The number of carbonyl (C=O) groups is 1. The molecule has 120 valence electrons. The Balaban J connectivity index is 1.65. The van der Waals surface area contributed by atoms with Gasteiger partial charge in [0, 0.05) is 24.5 Å². The molecule has 5 heteroatoms. The summed E-state index contributed by atoms with van der Waals surface area (Å²) in [6.45, 7) is 5.93. The maximum Gasteiger partial charge on any atom is 0.265 e. The van der Waals surface area contributed by atoms with E-state index in [1.807, 2.05) is 13.0 Å². The number of aryl methyl sites for hydroxylation is 1. The number of aromatic nitrogens is 1. The lowest BCUT2D eigenvalue weighted by Gasteiger charge is -2.19. The van der Waals surface area contributed by atoms with Crippen LogP contribution in [0.25, 0.3) is 0 Å². The second kappa shape index (κ2) is 6.36. The number of nitrogens with zero attached hydrogens (tertiary/aromatic N) is 3. The number of pyridine rings is 1. The quantitative estimate of drug-likeness (QED) is 0.862. The number of likely N-dealkylation sites (N-methyl/N-ethyl adjacent to an activating group) is 1. The molecule has 0 atom stereocenters. The van der Waals surface area contributed by atoms with Crippen LogP contribution < -0.4 is 4.74 Å². The molecule has 0 radical (unpaired) electrons. The third-order valence-corrected chi connectivity index (χ3v) is 4.32. The second-order valence-electron chi connectivity index (χ2n) is 5.87. The highest BCUT2D eigenvalue weighted by Gasteiger charge is 2.28. The van der Waals surface area contributed by atoms with E-state index in [1.165, 1.54) is 12.0 Å². The molecule has 0 unspecified atom stereocenters. The number of hydrogen-bond acceptors (Lipinski definition) is 4. The van der Waals surface area contributed by atoms with Crippen LogP contribution in [0.4, 0.5) is 0 Å². The average Bonchev–Trinajstić information content (AvgIpc) is 2.90.